The van der Waals surface area contributed by atoms with Gasteiger partial charge in [0, 0.05) is 32.8 Å². The van der Waals surface area contributed by atoms with E-state index in [4.69, 9.17) is 0 Å². The first-order chi connectivity index (χ1) is 15.7. The van der Waals surface area contributed by atoms with Crippen molar-refractivity contribution in [1.29, 1.82) is 0 Å². The van der Waals surface area contributed by atoms with Gasteiger partial charge in [0.1, 0.15) is 0 Å². The first kappa shape index (κ1) is 23.7. The predicted molar refractivity (Wildman–Crippen MR) is 140 cm³/mol. The molecule has 1 N–H and O–H groups in total. The first-order valence-electron chi connectivity index (χ1n) is 10.7. The van der Waals surface area contributed by atoms with Gasteiger partial charge in [-0.05, 0) is 64.3 Å². The molecule has 33 heavy (non-hydrogen) atoms. The average Bonchev–Trinajstić information content (AvgIpc) is 3.48. The molecule has 3 aromatic heterocycles. The third-order valence-corrected chi connectivity index (χ3v) is 8.31. The number of thiophene rings is 1. The SMILES string of the molecule is Cc1ccc(-c2csc(NC(=O)CSc3nnc(-c4csc(C)c4C)n3C(C)C)n2)cc1C. The van der Waals surface area contributed by atoms with Gasteiger partial charge in [-0.3, -0.25) is 9.36 Å². The van der Waals surface area contributed by atoms with Crippen LogP contribution in [0.15, 0.2) is 34.1 Å². The van der Waals surface area contributed by atoms with E-state index in [1.807, 2.05) is 5.38 Å². The molecule has 0 spiro atoms. The molecule has 0 unspecified atom stereocenters. The Kier molecular flexibility index (Phi) is 7.02. The van der Waals surface area contributed by atoms with Gasteiger partial charge in [-0.15, -0.1) is 32.9 Å². The molecule has 0 saturated heterocycles. The lowest BCUT2D eigenvalue weighted by molar-refractivity contribution is -0.113. The molecule has 0 saturated carbocycles. The van der Waals surface area contributed by atoms with Gasteiger partial charge in [-0.2, -0.15) is 0 Å². The third kappa shape index (κ3) is 5.05. The van der Waals surface area contributed by atoms with E-state index >= 15 is 0 Å². The fourth-order valence-corrected chi connectivity index (χ4v) is 5.88. The molecule has 0 bridgehead atoms. The topological polar surface area (TPSA) is 72.7 Å². The Morgan fingerprint density at radius 1 is 1.09 bits per heavy atom. The molecular weight excluding hydrogens is 470 g/mol. The average molecular weight is 498 g/mol. The molecule has 0 atom stereocenters. The highest BCUT2D eigenvalue weighted by Crippen LogP contribution is 2.33. The zero-order chi connectivity index (χ0) is 23.7. The molecular formula is C24H27N5OS3. The summed E-state index contributed by atoms with van der Waals surface area (Å²) >= 11 is 4.55. The van der Waals surface area contributed by atoms with Crippen molar-refractivity contribution in [2.45, 2.75) is 52.7 Å². The van der Waals surface area contributed by atoms with Crippen molar-refractivity contribution in [3.8, 4) is 22.6 Å². The largest absolute Gasteiger partial charge is 0.301 e. The van der Waals surface area contributed by atoms with Gasteiger partial charge in [0.25, 0.3) is 0 Å². The van der Waals surface area contributed by atoms with Crippen LogP contribution in [0.1, 0.15) is 41.5 Å². The Morgan fingerprint density at radius 2 is 1.88 bits per heavy atom. The summed E-state index contributed by atoms with van der Waals surface area (Å²) in [6, 6.07) is 6.46. The standard InChI is InChI=1S/C24H27N5OS3/c1-13(2)29-22(19-10-31-17(6)16(19)5)27-28-24(29)33-12-21(30)26-23-25-20(11-32-23)18-8-7-14(3)15(4)9-18/h7-11,13H,12H2,1-6H3,(H,25,26,30). The number of carbonyl (C=O) groups is 1. The minimum atomic E-state index is -0.108. The van der Waals surface area contributed by atoms with Crippen molar-refractivity contribution in [2.24, 2.45) is 0 Å². The Morgan fingerprint density at radius 3 is 2.55 bits per heavy atom. The Hall–Kier alpha value is -2.49. The highest BCUT2D eigenvalue weighted by molar-refractivity contribution is 7.99. The maximum Gasteiger partial charge on any atom is 0.236 e. The predicted octanol–water partition coefficient (Wildman–Crippen LogP) is 6.68. The minimum Gasteiger partial charge on any atom is -0.301 e. The zero-order valence-corrected chi connectivity index (χ0v) is 22.0. The number of anilines is 1. The second kappa shape index (κ2) is 9.79. The summed E-state index contributed by atoms with van der Waals surface area (Å²) in [4.78, 5) is 18.5. The lowest BCUT2D eigenvalue weighted by Crippen LogP contribution is -2.15. The Bertz CT molecular complexity index is 1300. The molecule has 0 aliphatic rings. The zero-order valence-electron chi connectivity index (χ0n) is 19.6. The number of nitrogens with one attached hydrogen (secondary N) is 1. The van der Waals surface area contributed by atoms with Crippen LogP contribution in [-0.4, -0.2) is 31.4 Å². The molecule has 0 aliphatic carbocycles. The molecule has 3 heterocycles. The van der Waals surface area contributed by atoms with E-state index in [-0.39, 0.29) is 17.7 Å². The maximum absolute atomic E-state index is 12.6. The smallest absolute Gasteiger partial charge is 0.236 e. The van der Waals surface area contributed by atoms with Gasteiger partial charge in [0.2, 0.25) is 5.91 Å². The molecule has 6 nitrogen and oxygen atoms in total. The Labute approximate surface area is 206 Å². The number of hydrogen-bond acceptors (Lipinski definition) is 7. The van der Waals surface area contributed by atoms with Gasteiger partial charge in [-0.25, -0.2) is 4.98 Å². The second-order valence-corrected chi connectivity index (χ2v) is 11.2. The van der Waals surface area contributed by atoms with Gasteiger partial charge in [0.05, 0.1) is 11.4 Å². The molecule has 172 valence electrons. The summed E-state index contributed by atoms with van der Waals surface area (Å²) < 4.78 is 2.10. The number of amides is 1. The van der Waals surface area contributed by atoms with Crippen LogP contribution >= 0.6 is 34.4 Å². The highest BCUT2D eigenvalue weighted by Gasteiger charge is 2.20. The van der Waals surface area contributed by atoms with Crippen LogP contribution in [0.2, 0.25) is 0 Å². The third-order valence-electron chi connectivity index (χ3n) is 5.59. The van der Waals surface area contributed by atoms with Crippen LogP contribution in [0.3, 0.4) is 0 Å². The first-order valence-corrected chi connectivity index (χ1v) is 13.4. The molecule has 9 heteroatoms. The van der Waals surface area contributed by atoms with E-state index in [1.54, 1.807) is 11.3 Å². The number of thioether (sulfide) groups is 1. The number of benzene rings is 1. The summed E-state index contributed by atoms with van der Waals surface area (Å²) in [7, 11) is 0. The van der Waals surface area contributed by atoms with E-state index in [1.165, 1.54) is 44.7 Å². The maximum atomic E-state index is 12.6. The van der Waals surface area contributed by atoms with E-state index in [9.17, 15) is 4.79 Å². The summed E-state index contributed by atoms with van der Waals surface area (Å²) in [5, 5.41) is 17.2. The van der Waals surface area contributed by atoms with Crippen LogP contribution in [0.25, 0.3) is 22.6 Å². The quantitative estimate of drug-likeness (QED) is 0.289. The highest BCUT2D eigenvalue weighted by atomic mass is 32.2. The van der Waals surface area contributed by atoms with E-state index < -0.39 is 0 Å². The van der Waals surface area contributed by atoms with Gasteiger partial charge >= 0.3 is 0 Å². The van der Waals surface area contributed by atoms with E-state index in [0.29, 0.717) is 5.13 Å². The van der Waals surface area contributed by atoms with E-state index in [2.05, 4.69) is 90.2 Å². The normalized spacial score (nSPS) is 11.4. The summed E-state index contributed by atoms with van der Waals surface area (Å²) in [6.45, 7) is 12.6. The van der Waals surface area contributed by atoms with Crippen molar-refractivity contribution >= 4 is 45.5 Å². The fourth-order valence-electron chi connectivity index (χ4n) is 3.41. The molecule has 0 aliphatic heterocycles. The van der Waals surface area contributed by atoms with Crippen molar-refractivity contribution in [2.75, 3.05) is 11.1 Å². The van der Waals surface area contributed by atoms with Crippen LogP contribution in [0, 0.1) is 27.7 Å². The van der Waals surface area contributed by atoms with Gasteiger partial charge in [0.15, 0.2) is 16.1 Å². The lowest BCUT2D eigenvalue weighted by Gasteiger charge is -2.13. The summed E-state index contributed by atoms with van der Waals surface area (Å²) in [5.41, 5.74) is 6.74. The van der Waals surface area contributed by atoms with Crippen LogP contribution in [0.5, 0.6) is 0 Å². The number of carbonyl (C=O) groups excluding carboxylic acids is 1. The van der Waals surface area contributed by atoms with Gasteiger partial charge in [-0.1, -0.05) is 23.9 Å². The van der Waals surface area contributed by atoms with Crippen LogP contribution < -0.4 is 5.32 Å². The minimum absolute atomic E-state index is 0.108. The number of aromatic nitrogens is 4. The summed E-state index contributed by atoms with van der Waals surface area (Å²) in [5.74, 6) is 0.988. The number of thiazole rings is 1. The van der Waals surface area contributed by atoms with Crippen molar-refractivity contribution in [3.63, 3.8) is 0 Å². The number of aryl methyl sites for hydroxylation is 3. The summed E-state index contributed by atoms with van der Waals surface area (Å²) in [6.07, 6.45) is 0. The number of nitrogens with zero attached hydrogens (tertiary/aromatic N) is 4. The van der Waals surface area contributed by atoms with Crippen molar-refractivity contribution < 1.29 is 4.79 Å². The molecule has 0 radical (unpaired) electrons. The lowest BCUT2D eigenvalue weighted by atomic mass is 10.1. The molecule has 1 aromatic carbocycles. The van der Waals surface area contributed by atoms with E-state index in [0.717, 1.165) is 27.8 Å². The van der Waals surface area contributed by atoms with Gasteiger partial charge < -0.3 is 5.32 Å². The molecule has 4 rings (SSSR count). The van der Waals surface area contributed by atoms with Crippen LogP contribution in [0.4, 0.5) is 5.13 Å². The molecule has 1 amide bonds. The van der Waals surface area contributed by atoms with Crippen molar-refractivity contribution in [1.82, 2.24) is 19.7 Å². The monoisotopic (exact) mass is 497 g/mol. The molecule has 0 fully saturated rings. The molecule has 4 aromatic rings. The Balaban J connectivity index is 1.44. The number of hydrogen-bond donors (Lipinski definition) is 1. The second-order valence-electron chi connectivity index (χ2n) is 8.27. The fraction of sp³-hybridized carbons (Fsp3) is 0.333. The van der Waals surface area contributed by atoms with Crippen molar-refractivity contribution in [3.05, 3.63) is 50.5 Å². The van der Waals surface area contributed by atoms with Crippen LogP contribution in [-0.2, 0) is 4.79 Å². The number of rotatable bonds is 7.